The summed E-state index contributed by atoms with van der Waals surface area (Å²) in [6, 6.07) is 11.3. The summed E-state index contributed by atoms with van der Waals surface area (Å²) in [5, 5.41) is 5.72. The van der Waals surface area contributed by atoms with Gasteiger partial charge in [-0.15, -0.1) is 0 Å². The summed E-state index contributed by atoms with van der Waals surface area (Å²) in [4.78, 5) is 18.6. The van der Waals surface area contributed by atoms with Gasteiger partial charge in [-0.25, -0.2) is 9.78 Å². The number of carbonyl (C=O) groups excluding carboxylic acids is 1. The molecular weight excluding hydrogens is 316 g/mol. The molecular formula is C19H26N4O2. The van der Waals surface area contributed by atoms with Crippen LogP contribution in [-0.2, 0) is 13.1 Å². The number of hydrogen-bond donors (Lipinski definition) is 2. The Morgan fingerprint density at radius 1 is 1.08 bits per heavy atom. The van der Waals surface area contributed by atoms with Crippen LogP contribution < -0.4 is 20.3 Å². The van der Waals surface area contributed by atoms with Crippen molar-refractivity contribution in [2.75, 3.05) is 25.1 Å². The molecule has 0 aliphatic rings. The van der Waals surface area contributed by atoms with Gasteiger partial charge in [0.1, 0.15) is 11.6 Å². The van der Waals surface area contributed by atoms with E-state index in [1.54, 1.807) is 13.3 Å². The third kappa shape index (κ3) is 5.67. The molecule has 0 unspecified atom stereocenters. The zero-order valence-electron chi connectivity index (χ0n) is 15.1. The van der Waals surface area contributed by atoms with Crippen LogP contribution in [-0.4, -0.2) is 31.2 Å². The largest absolute Gasteiger partial charge is 0.497 e. The molecule has 0 saturated heterocycles. The fraction of sp³-hybridized carbons (Fsp3) is 0.368. The Hall–Kier alpha value is -2.76. The van der Waals surface area contributed by atoms with Gasteiger partial charge in [0.15, 0.2) is 0 Å². The van der Waals surface area contributed by atoms with Crippen molar-refractivity contribution < 1.29 is 9.53 Å². The zero-order valence-corrected chi connectivity index (χ0v) is 15.1. The first-order valence-corrected chi connectivity index (χ1v) is 8.50. The van der Waals surface area contributed by atoms with E-state index in [-0.39, 0.29) is 6.03 Å². The Morgan fingerprint density at radius 2 is 1.76 bits per heavy atom. The first-order valence-electron chi connectivity index (χ1n) is 8.50. The first-order chi connectivity index (χ1) is 12.2. The van der Waals surface area contributed by atoms with E-state index in [1.165, 1.54) is 0 Å². The summed E-state index contributed by atoms with van der Waals surface area (Å²) in [6.07, 6.45) is 1.78. The van der Waals surface area contributed by atoms with E-state index >= 15 is 0 Å². The van der Waals surface area contributed by atoms with Gasteiger partial charge in [0.05, 0.1) is 7.11 Å². The number of hydrogen-bond acceptors (Lipinski definition) is 4. The Bertz CT molecular complexity index is 687. The highest BCUT2D eigenvalue weighted by atomic mass is 16.5. The third-order valence-corrected chi connectivity index (χ3v) is 3.94. The van der Waals surface area contributed by atoms with Crippen LogP contribution in [0.1, 0.15) is 25.0 Å². The number of carbonyl (C=O) groups is 1. The van der Waals surface area contributed by atoms with Crippen LogP contribution in [0.4, 0.5) is 10.6 Å². The molecule has 0 aliphatic carbocycles. The maximum absolute atomic E-state index is 12.0. The molecule has 0 bridgehead atoms. The number of amides is 2. The molecule has 1 aromatic carbocycles. The number of urea groups is 1. The van der Waals surface area contributed by atoms with Gasteiger partial charge in [-0.05, 0) is 49.2 Å². The highest BCUT2D eigenvalue weighted by Crippen LogP contribution is 2.13. The molecule has 2 aromatic rings. The minimum Gasteiger partial charge on any atom is -0.497 e. The highest BCUT2D eigenvalue weighted by molar-refractivity contribution is 5.73. The molecule has 25 heavy (non-hydrogen) atoms. The number of methoxy groups -OCH3 is 1. The standard InChI is InChI=1S/C19H26N4O2/c1-4-23(5-2)18-12-16(9-10-20-18)14-22-19(24)21-13-15-7-6-8-17(11-15)25-3/h6-12H,4-5,13-14H2,1-3H3,(H2,21,22,24). The molecule has 0 saturated carbocycles. The van der Waals surface area contributed by atoms with Gasteiger partial charge < -0.3 is 20.3 Å². The number of nitrogens with one attached hydrogen (secondary N) is 2. The van der Waals surface area contributed by atoms with Crippen LogP contribution >= 0.6 is 0 Å². The van der Waals surface area contributed by atoms with E-state index in [9.17, 15) is 4.79 Å². The minimum absolute atomic E-state index is 0.205. The van der Waals surface area contributed by atoms with Crippen molar-refractivity contribution in [1.29, 1.82) is 0 Å². The summed E-state index contributed by atoms with van der Waals surface area (Å²) in [5.41, 5.74) is 2.01. The van der Waals surface area contributed by atoms with Crippen LogP contribution in [0.15, 0.2) is 42.6 Å². The Kier molecular flexibility index (Phi) is 7.07. The number of benzene rings is 1. The van der Waals surface area contributed by atoms with E-state index in [1.807, 2.05) is 36.4 Å². The lowest BCUT2D eigenvalue weighted by Gasteiger charge is -2.20. The number of nitrogens with zero attached hydrogens (tertiary/aromatic N) is 2. The van der Waals surface area contributed by atoms with Gasteiger partial charge in [-0.1, -0.05) is 12.1 Å². The van der Waals surface area contributed by atoms with Crippen molar-refractivity contribution in [1.82, 2.24) is 15.6 Å². The lowest BCUT2D eigenvalue weighted by Crippen LogP contribution is -2.34. The Labute approximate surface area is 149 Å². The predicted molar refractivity (Wildman–Crippen MR) is 99.9 cm³/mol. The maximum atomic E-state index is 12.0. The van der Waals surface area contributed by atoms with Gasteiger partial charge in [0, 0.05) is 32.4 Å². The lowest BCUT2D eigenvalue weighted by molar-refractivity contribution is 0.240. The molecule has 2 amide bonds. The van der Waals surface area contributed by atoms with Gasteiger partial charge in [0.2, 0.25) is 0 Å². The van der Waals surface area contributed by atoms with Gasteiger partial charge >= 0.3 is 6.03 Å². The van der Waals surface area contributed by atoms with E-state index < -0.39 is 0 Å². The van der Waals surface area contributed by atoms with E-state index in [0.717, 1.165) is 35.8 Å². The molecule has 1 heterocycles. The molecule has 2 N–H and O–H groups in total. The minimum atomic E-state index is -0.205. The monoisotopic (exact) mass is 342 g/mol. The SMILES string of the molecule is CCN(CC)c1cc(CNC(=O)NCc2cccc(OC)c2)ccn1. The maximum Gasteiger partial charge on any atom is 0.315 e. The molecule has 6 nitrogen and oxygen atoms in total. The number of rotatable bonds is 8. The second-order valence-electron chi connectivity index (χ2n) is 5.58. The highest BCUT2D eigenvalue weighted by Gasteiger charge is 2.06. The van der Waals surface area contributed by atoms with Gasteiger partial charge in [-0.2, -0.15) is 0 Å². The summed E-state index contributed by atoms with van der Waals surface area (Å²) in [5.74, 6) is 1.71. The van der Waals surface area contributed by atoms with Crippen molar-refractivity contribution in [3.8, 4) is 5.75 Å². The number of anilines is 1. The van der Waals surface area contributed by atoms with Crippen LogP contribution in [0.5, 0.6) is 5.75 Å². The van der Waals surface area contributed by atoms with Crippen molar-refractivity contribution in [2.24, 2.45) is 0 Å². The molecule has 0 radical (unpaired) electrons. The Morgan fingerprint density at radius 3 is 2.40 bits per heavy atom. The predicted octanol–water partition coefficient (Wildman–Crippen LogP) is 2.94. The molecule has 0 aliphatic heterocycles. The number of pyridine rings is 1. The molecule has 6 heteroatoms. The van der Waals surface area contributed by atoms with Crippen LogP contribution in [0.25, 0.3) is 0 Å². The average molecular weight is 342 g/mol. The third-order valence-electron chi connectivity index (χ3n) is 3.94. The van der Waals surface area contributed by atoms with Crippen molar-refractivity contribution in [3.05, 3.63) is 53.7 Å². The number of ether oxygens (including phenoxy) is 1. The van der Waals surface area contributed by atoms with Crippen molar-refractivity contribution in [3.63, 3.8) is 0 Å². The second-order valence-corrected chi connectivity index (χ2v) is 5.58. The first kappa shape index (κ1) is 18.6. The second kappa shape index (κ2) is 9.52. The quantitative estimate of drug-likeness (QED) is 0.774. The molecule has 1 aromatic heterocycles. The fourth-order valence-corrected chi connectivity index (χ4v) is 2.50. The van der Waals surface area contributed by atoms with Crippen LogP contribution in [0.3, 0.4) is 0 Å². The fourth-order valence-electron chi connectivity index (χ4n) is 2.50. The van der Waals surface area contributed by atoms with Crippen molar-refractivity contribution in [2.45, 2.75) is 26.9 Å². The van der Waals surface area contributed by atoms with E-state index in [4.69, 9.17) is 4.74 Å². The summed E-state index contributed by atoms with van der Waals surface area (Å²) < 4.78 is 5.18. The summed E-state index contributed by atoms with van der Waals surface area (Å²) in [6.45, 7) is 6.91. The van der Waals surface area contributed by atoms with E-state index in [0.29, 0.717) is 13.1 Å². The molecule has 134 valence electrons. The van der Waals surface area contributed by atoms with E-state index in [2.05, 4.69) is 34.4 Å². The van der Waals surface area contributed by atoms with Gasteiger partial charge in [0.25, 0.3) is 0 Å². The summed E-state index contributed by atoms with van der Waals surface area (Å²) >= 11 is 0. The zero-order chi connectivity index (χ0) is 18.1. The normalized spacial score (nSPS) is 10.2. The lowest BCUT2D eigenvalue weighted by atomic mass is 10.2. The van der Waals surface area contributed by atoms with Gasteiger partial charge in [-0.3, -0.25) is 0 Å². The smallest absolute Gasteiger partial charge is 0.315 e. The summed E-state index contributed by atoms with van der Waals surface area (Å²) in [7, 11) is 1.63. The molecule has 2 rings (SSSR count). The van der Waals surface area contributed by atoms with Crippen molar-refractivity contribution >= 4 is 11.8 Å². The van der Waals surface area contributed by atoms with Crippen LogP contribution in [0, 0.1) is 0 Å². The molecule has 0 spiro atoms. The molecule has 0 fully saturated rings. The topological polar surface area (TPSA) is 66.5 Å². The number of aromatic nitrogens is 1. The molecule has 0 atom stereocenters. The van der Waals surface area contributed by atoms with Crippen LogP contribution in [0.2, 0.25) is 0 Å². The average Bonchev–Trinajstić information content (AvgIpc) is 2.66. The Balaban J connectivity index is 1.84.